The number of nitrogens with zero attached hydrogens (tertiary/aromatic N) is 1. The number of aromatic amines is 1. The zero-order valence-electron chi connectivity index (χ0n) is 10.5. The highest BCUT2D eigenvalue weighted by atomic mass is 16.4. The first kappa shape index (κ1) is 12.6. The molecule has 1 unspecified atom stereocenters. The van der Waals surface area contributed by atoms with Crippen molar-refractivity contribution in [3.63, 3.8) is 0 Å². The van der Waals surface area contributed by atoms with Gasteiger partial charge in [0.25, 0.3) is 5.56 Å². The normalized spacial score (nSPS) is 18.1. The smallest absolute Gasteiger partial charge is 0.329 e. The Morgan fingerprint density at radius 1 is 1.67 bits per heavy atom. The lowest BCUT2D eigenvalue weighted by molar-refractivity contribution is -0.141. The molecule has 0 saturated heterocycles. The quantitative estimate of drug-likeness (QED) is 0.733. The lowest BCUT2D eigenvalue weighted by Crippen LogP contribution is -2.43. The van der Waals surface area contributed by atoms with Gasteiger partial charge in [-0.25, -0.2) is 9.78 Å². The number of anilines is 1. The molecule has 1 atom stereocenters. The summed E-state index contributed by atoms with van der Waals surface area (Å²) >= 11 is 0. The number of nitrogens with one attached hydrogen (secondary N) is 2. The number of rotatable bonds is 5. The Labute approximate surface area is 104 Å². The molecular weight excluding hydrogens is 234 g/mol. The Kier molecular flexibility index (Phi) is 3.11. The molecule has 3 N–H and O–H groups in total. The van der Waals surface area contributed by atoms with Crippen LogP contribution in [0.4, 0.5) is 5.82 Å². The van der Waals surface area contributed by atoms with Gasteiger partial charge in [-0.05, 0) is 26.2 Å². The topological polar surface area (TPSA) is 95.1 Å². The molecule has 0 bridgehead atoms. The number of H-pyrrole nitrogens is 1. The van der Waals surface area contributed by atoms with E-state index in [4.69, 9.17) is 0 Å². The molecule has 1 saturated carbocycles. The Bertz CT molecular complexity index is 522. The van der Waals surface area contributed by atoms with Crippen molar-refractivity contribution in [3.8, 4) is 0 Å². The Hall–Kier alpha value is -1.85. The molecule has 1 aliphatic carbocycles. The molecule has 18 heavy (non-hydrogen) atoms. The highest BCUT2D eigenvalue weighted by molar-refractivity contribution is 5.81. The second kappa shape index (κ2) is 4.44. The maximum Gasteiger partial charge on any atom is 0.329 e. The van der Waals surface area contributed by atoms with E-state index >= 15 is 0 Å². The van der Waals surface area contributed by atoms with Crippen LogP contribution in [0.15, 0.2) is 10.9 Å². The van der Waals surface area contributed by atoms with Crippen LogP contribution in [0.5, 0.6) is 0 Å². The van der Waals surface area contributed by atoms with Crippen LogP contribution < -0.4 is 10.9 Å². The third-order valence-electron chi connectivity index (χ3n) is 3.31. The number of carbonyl (C=O) groups is 1. The predicted octanol–water partition coefficient (Wildman–Crippen LogP) is 1.31. The lowest BCUT2D eigenvalue weighted by Gasteiger charge is -2.25. The largest absolute Gasteiger partial charge is 0.480 e. The van der Waals surface area contributed by atoms with Crippen molar-refractivity contribution >= 4 is 11.8 Å². The van der Waals surface area contributed by atoms with Gasteiger partial charge in [0.05, 0.1) is 0 Å². The number of carboxylic acids is 1. The van der Waals surface area contributed by atoms with Gasteiger partial charge in [-0.3, -0.25) is 4.79 Å². The molecule has 6 heteroatoms. The van der Waals surface area contributed by atoms with Gasteiger partial charge >= 0.3 is 5.97 Å². The van der Waals surface area contributed by atoms with Gasteiger partial charge in [-0.2, -0.15) is 0 Å². The first-order valence-corrected chi connectivity index (χ1v) is 6.07. The number of carboxylic acid groups (broad SMARTS) is 1. The SMILES string of the molecule is CCC(C)(Nc1cc(=O)[nH]c(C2CC2)n1)C(=O)O. The van der Waals surface area contributed by atoms with Crippen molar-refractivity contribution in [2.24, 2.45) is 0 Å². The maximum absolute atomic E-state index is 11.5. The van der Waals surface area contributed by atoms with E-state index in [2.05, 4.69) is 15.3 Å². The second-order valence-electron chi connectivity index (χ2n) is 4.91. The van der Waals surface area contributed by atoms with Crippen LogP contribution in [-0.2, 0) is 4.79 Å². The summed E-state index contributed by atoms with van der Waals surface area (Å²) in [5.74, 6) is 0.332. The van der Waals surface area contributed by atoms with E-state index in [0.29, 0.717) is 24.0 Å². The molecule has 98 valence electrons. The number of aromatic nitrogens is 2. The number of hydrogen-bond donors (Lipinski definition) is 3. The van der Waals surface area contributed by atoms with Gasteiger partial charge in [-0.15, -0.1) is 0 Å². The molecule has 1 aliphatic rings. The second-order valence-corrected chi connectivity index (χ2v) is 4.91. The summed E-state index contributed by atoms with van der Waals surface area (Å²) in [6, 6.07) is 1.29. The van der Waals surface area contributed by atoms with Crippen LogP contribution in [0.1, 0.15) is 44.9 Å². The van der Waals surface area contributed by atoms with Crippen molar-refractivity contribution < 1.29 is 9.90 Å². The minimum absolute atomic E-state index is 0.252. The van der Waals surface area contributed by atoms with Gasteiger partial charge in [-0.1, -0.05) is 6.92 Å². The minimum Gasteiger partial charge on any atom is -0.480 e. The predicted molar refractivity (Wildman–Crippen MR) is 66.8 cm³/mol. The van der Waals surface area contributed by atoms with E-state index in [1.165, 1.54) is 6.07 Å². The third-order valence-corrected chi connectivity index (χ3v) is 3.31. The van der Waals surface area contributed by atoms with Gasteiger partial charge in [0, 0.05) is 12.0 Å². The molecule has 1 heterocycles. The van der Waals surface area contributed by atoms with Crippen LogP contribution >= 0.6 is 0 Å². The fourth-order valence-corrected chi connectivity index (χ4v) is 1.67. The van der Waals surface area contributed by atoms with Crippen LogP contribution in [0, 0.1) is 0 Å². The molecule has 0 amide bonds. The van der Waals surface area contributed by atoms with Crippen molar-refractivity contribution in [1.82, 2.24) is 9.97 Å². The van der Waals surface area contributed by atoms with Gasteiger partial charge < -0.3 is 15.4 Å². The molecule has 0 radical (unpaired) electrons. The van der Waals surface area contributed by atoms with Crippen molar-refractivity contribution in [3.05, 3.63) is 22.2 Å². The zero-order chi connectivity index (χ0) is 13.3. The summed E-state index contributed by atoms with van der Waals surface area (Å²) in [6.07, 6.45) is 2.45. The number of hydrogen-bond acceptors (Lipinski definition) is 4. The maximum atomic E-state index is 11.5. The summed E-state index contributed by atoms with van der Waals surface area (Å²) in [7, 11) is 0. The molecule has 6 nitrogen and oxygen atoms in total. The standard InChI is InChI=1S/C12H17N3O3/c1-3-12(2,11(17)18)15-8-6-9(16)14-10(13-8)7-4-5-7/h6-7H,3-5H2,1-2H3,(H,17,18)(H2,13,14,15,16). The molecule has 1 aromatic heterocycles. The fourth-order valence-electron chi connectivity index (χ4n) is 1.67. The molecule has 0 aliphatic heterocycles. The molecule has 1 aromatic rings. The summed E-state index contributed by atoms with van der Waals surface area (Å²) < 4.78 is 0. The first-order chi connectivity index (χ1) is 8.44. The minimum atomic E-state index is -1.11. The van der Waals surface area contributed by atoms with Crippen LogP contribution in [-0.4, -0.2) is 26.6 Å². The highest BCUT2D eigenvalue weighted by Crippen LogP contribution is 2.37. The summed E-state index contributed by atoms with van der Waals surface area (Å²) in [5, 5.41) is 12.0. The third kappa shape index (κ3) is 2.52. The highest BCUT2D eigenvalue weighted by Gasteiger charge is 2.32. The van der Waals surface area contributed by atoms with E-state index in [0.717, 1.165) is 12.8 Å². The molecule has 0 spiro atoms. The summed E-state index contributed by atoms with van der Waals surface area (Å²) in [6.45, 7) is 3.35. The number of aliphatic carboxylic acids is 1. The Morgan fingerprint density at radius 3 is 2.83 bits per heavy atom. The van der Waals surface area contributed by atoms with E-state index in [9.17, 15) is 14.7 Å². The summed E-state index contributed by atoms with van der Waals surface area (Å²) in [4.78, 5) is 29.7. The van der Waals surface area contributed by atoms with Gasteiger partial charge in [0.15, 0.2) is 0 Å². The molecule has 0 aromatic carbocycles. The monoisotopic (exact) mass is 251 g/mol. The van der Waals surface area contributed by atoms with E-state index in [1.807, 2.05) is 0 Å². The van der Waals surface area contributed by atoms with Crippen LogP contribution in [0.3, 0.4) is 0 Å². The van der Waals surface area contributed by atoms with Crippen LogP contribution in [0.2, 0.25) is 0 Å². The van der Waals surface area contributed by atoms with Crippen molar-refractivity contribution in [1.29, 1.82) is 0 Å². The van der Waals surface area contributed by atoms with E-state index in [1.54, 1.807) is 13.8 Å². The average molecular weight is 251 g/mol. The Morgan fingerprint density at radius 2 is 2.33 bits per heavy atom. The van der Waals surface area contributed by atoms with E-state index in [-0.39, 0.29) is 5.56 Å². The molecule has 1 fully saturated rings. The zero-order valence-corrected chi connectivity index (χ0v) is 10.5. The molecule has 2 rings (SSSR count). The van der Waals surface area contributed by atoms with Gasteiger partial charge in [0.2, 0.25) is 0 Å². The molecular formula is C12H17N3O3. The fraction of sp³-hybridized carbons (Fsp3) is 0.583. The summed E-state index contributed by atoms with van der Waals surface area (Å²) in [5.41, 5.74) is -1.36. The Balaban J connectivity index is 2.28. The van der Waals surface area contributed by atoms with Crippen LogP contribution in [0.25, 0.3) is 0 Å². The van der Waals surface area contributed by atoms with Crippen molar-refractivity contribution in [2.75, 3.05) is 5.32 Å². The first-order valence-electron chi connectivity index (χ1n) is 6.07. The van der Waals surface area contributed by atoms with Crippen molar-refractivity contribution in [2.45, 2.75) is 44.6 Å². The van der Waals surface area contributed by atoms with E-state index < -0.39 is 11.5 Å². The lowest BCUT2D eigenvalue weighted by atomic mass is 9.99. The average Bonchev–Trinajstić information content (AvgIpc) is 3.11. The van der Waals surface area contributed by atoms with Gasteiger partial charge in [0.1, 0.15) is 17.2 Å².